The summed E-state index contributed by atoms with van der Waals surface area (Å²) in [4.78, 5) is 11.9. The standard InChI is InChI=1S/C17H26ClNO2/c1-3-4-15(9-10-20)12-19-17(21)8-7-14-6-5-13(2)16(18)11-14/h5-6,11,15,20H,3-4,7-10,12H2,1-2H3,(H,19,21). The van der Waals surface area contributed by atoms with E-state index in [2.05, 4.69) is 12.2 Å². The Morgan fingerprint density at radius 3 is 2.76 bits per heavy atom. The average Bonchev–Trinajstić information content (AvgIpc) is 2.46. The van der Waals surface area contributed by atoms with Crippen LogP contribution in [0.3, 0.4) is 0 Å². The summed E-state index contributed by atoms with van der Waals surface area (Å²) in [6.07, 6.45) is 4.03. The van der Waals surface area contributed by atoms with Crippen LogP contribution in [0.25, 0.3) is 0 Å². The van der Waals surface area contributed by atoms with Crippen molar-refractivity contribution in [1.82, 2.24) is 5.32 Å². The first-order valence-electron chi connectivity index (χ1n) is 7.69. The minimum atomic E-state index is 0.0609. The number of amides is 1. The summed E-state index contributed by atoms with van der Waals surface area (Å²) >= 11 is 6.08. The second-order valence-electron chi connectivity index (χ2n) is 5.55. The van der Waals surface area contributed by atoms with E-state index in [4.69, 9.17) is 16.7 Å². The normalized spacial score (nSPS) is 12.2. The lowest BCUT2D eigenvalue weighted by Crippen LogP contribution is -2.29. The highest BCUT2D eigenvalue weighted by Crippen LogP contribution is 2.17. The van der Waals surface area contributed by atoms with E-state index in [9.17, 15) is 4.79 Å². The molecule has 0 radical (unpaired) electrons. The minimum absolute atomic E-state index is 0.0609. The van der Waals surface area contributed by atoms with Gasteiger partial charge in [-0.15, -0.1) is 0 Å². The highest BCUT2D eigenvalue weighted by molar-refractivity contribution is 6.31. The van der Waals surface area contributed by atoms with E-state index in [-0.39, 0.29) is 12.5 Å². The number of nitrogens with one attached hydrogen (secondary N) is 1. The summed E-state index contributed by atoms with van der Waals surface area (Å²) in [7, 11) is 0. The van der Waals surface area contributed by atoms with Crippen LogP contribution < -0.4 is 5.32 Å². The fourth-order valence-corrected chi connectivity index (χ4v) is 2.54. The summed E-state index contributed by atoms with van der Waals surface area (Å²) in [5.41, 5.74) is 2.14. The molecule has 1 atom stereocenters. The second kappa shape index (κ2) is 9.80. The molecule has 3 nitrogen and oxygen atoms in total. The van der Waals surface area contributed by atoms with Crippen LogP contribution in [0, 0.1) is 12.8 Å². The van der Waals surface area contributed by atoms with Gasteiger partial charge >= 0.3 is 0 Å². The van der Waals surface area contributed by atoms with Crippen LogP contribution in [-0.4, -0.2) is 24.2 Å². The topological polar surface area (TPSA) is 49.3 Å². The molecule has 0 heterocycles. The quantitative estimate of drug-likeness (QED) is 0.733. The Morgan fingerprint density at radius 1 is 1.38 bits per heavy atom. The van der Waals surface area contributed by atoms with Gasteiger partial charge in [0, 0.05) is 24.6 Å². The van der Waals surface area contributed by atoms with E-state index >= 15 is 0 Å². The summed E-state index contributed by atoms with van der Waals surface area (Å²) < 4.78 is 0. The van der Waals surface area contributed by atoms with Crippen molar-refractivity contribution >= 4 is 17.5 Å². The molecule has 0 aromatic heterocycles. The zero-order valence-corrected chi connectivity index (χ0v) is 13.7. The third-order valence-electron chi connectivity index (χ3n) is 3.70. The number of carbonyl (C=O) groups excluding carboxylic acids is 1. The summed E-state index contributed by atoms with van der Waals surface area (Å²) in [6.45, 7) is 4.92. The monoisotopic (exact) mass is 311 g/mol. The molecule has 0 bridgehead atoms. The molecule has 1 unspecified atom stereocenters. The van der Waals surface area contributed by atoms with E-state index in [0.717, 1.165) is 35.4 Å². The number of rotatable bonds is 9. The molecule has 0 saturated heterocycles. The predicted molar refractivity (Wildman–Crippen MR) is 87.6 cm³/mol. The Hall–Kier alpha value is -1.06. The van der Waals surface area contributed by atoms with Crippen molar-refractivity contribution in [2.45, 2.75) is 46.0 Å². The highest BCUT2D eigenvalue weighted by atomic mass is 35.5. The van der Waals surface area contributed by atoms with Crippen LogP contribution in [0.5, 0.6) is 0 Å². The van der Waals surface area contributed by atoms with Crippen LogP contribution in [0.15, 0.2) is 18.2 Å². The molecule has 1 rings (SSSR count). The molecule has 21 heavy (non-hydrogen) atoms. The van der Waals surface area contributed by atoms with Crippen molar-refractivity contribution in [3.63, 3.8) is 0 Å². The molecule has 0 aliphatic heterocycles. The summed E-state index contributed by atoms with van der Waals surface area (Å²) in [6, 6.07) is 5.92. The zero-order chi connectivity index (χ0) is 15.7. The van der Waals surface area contributed by atoms with Gasteiger partial charge < -0.3 is 10.4 Å². The Morgan fingerprint density at radius 2 is 2.14 bits per heavy atom. The van der Waals surface area contributed by atoms with Gasteiger partial charge in [0.2, 0.25) is 5.91 Å². The van der Waals surface area contributed by atoms with Gasteiger partial charge in [-0.3, -0.25) is 4.79 Å². The summed E-state index contributed by atoms with van der Waals surface area (Å²) in [5.74, 6) is 0.434. The van der Waals surface area contributed by atoms with Crippen molar-refractivity contribution < 1.29 is 9.90 Å². The third kappa shape index (κ3) is 6.96. The Bertz CT molecular complexity index is 442. The first kappa shape index (κ1) is 18.0. The van der Waals surface area contributed by atoms with Crippen LogP contribution in [0.1, 0.15) is 43.7 Å². The van der Waals surface area contributed by atoms with Gasteiger partial charge in [-0.25, -0.2) is 0 Å². The number of hydrogen-bond donors (Lipinski definition) is 2. The van der Waals surface area contributed by atoms with Crippen molar-refractivity contribution in [2.75, 3.05) is 13.2 Å². The molecule has 0 saturated carbocycles. The Kier molecular flexibility index (Phi) is 8.40. The number of aryl methyl sites for hydroxylation is 2. The lowest BCUT2D eigenvalue weighted by molar-refractivity contribution is -0.121. The lowest BCUT2D eigenvalue weighted by atomic mass is 10.00. The Labute approximate surface area is 132 Å². The van der Waals surface area contributed by atoms with Gasteiger partial charge in [-0.2, -0.15) is 0 Å². The molecular weight excluding hydrogens is 286 g/mol. The molecule has 0 aliphatic rings. The van der Waals surface area contributed by atoms with E-state index in [1.54, 1.807) is 0 Å². The summed E-state index contributed by atoms with van der Waals surface area (Å²) in [5, 5.41) is 12.7. The lowest BCUT2D eigenvalue weighted by Gasteiger charge is -2.15. The molecule has 4 heteroatoms. The largest absolute Gasteiger partial charge is 0.396 e. The van der Waals surface area contributed by atoms with E-state index in [0.29, 0.717) is 25.3 Å². The van der Waals surface area contributed by atoms with Crippen molar-refractivity contribution in [1.29, 1.82) is 0 Å². The van der Waals surface area contributed by atoms with Crippen LogP contribution in [-0.2, 0) is 11.2 Å². The molecule has 118 valence electrons. The fourth-order valence-electron chi connectivity index (χ4n) is 2.34. The number of aliphatic hydroxyl groups is 1. The molecular formula is C17H26ClNO2. The second-order valence-corrected chi connectivity index (χ2v) is 5.96. The number of aliphatic hydroxyl groups excluding tert-OH is 1. The van der Waals surface area contributed by atoms with E-state index in [1.165, 1.54) is 0 Å². The van der Waals surface area contributed by atoms with Gasteiger partial charge in [-0.05, 0) is 49.3 Å². The molecule has 2 N–H and O–H groups in total. The molecule has 0 spiro atoms. The van der Waals surface area contributed by atoms with Crippen LogP contribution >= 0.6 is 11.6 Å². The molecule has 1 amide bonds. The average molecular weight is 312 g/mol. The highest BCUT2D eigenvalue weighted by Gasteiger charge is 2.09. The molecule has 0 aliphatic carbocycles. The van der Waals surface area contributed by atoms with Gasteiger partial charge in [0.15, 0.2) is 0 Å². The minimum Gasteiger partial charge on any atom is -0.396 e. The van der Waals surface area contributed by atoms with Crippen molar-refractivity contribution in [3.8, 4) is 0 Å². The SMILES string of the molecule is CCCC(CCO)CNC(=O)CCc1ccc(C)c(Cl)c1. The maximum absolute atomic E-state index is 11.9. The van der Waals surface area contributed by atoms with Crippen molar-refractivity contribution in [3.05, 3.63) is 34.3 Å². The number of hydrogen-bond acceptors (Lipinski definition) is 2. The third-order valence-corrected chi connectivity index (χ3v) is 4.11. The van der Waals surface area contributed by atoms with E-state index in [1.807, 2.05) is 25.1 Å². The maximum Gasteiger partial charge on any atom is 0.220 e. The van der Waals surface area contributed by atoms with Gasteiger partial charge in [0.1, 0.15) is 0 Å². The molecule has 1 aromatic rings. The fraction of sp³-hybridized carbons (Fsp3) is 0.588. The van der Waals surface area contributed by atoms with Crippen molar-refractivity contribution in [2.24, 2.45) is 5.92 Å². The first-order valence-corrected chi connectivity index (χ1v) is 8.07. The number of halogens is 1. The molecule has 0 fully saturated rings. The zero-order valence-electron chi connectivity index (χ0n) is 13.0. The first-order chi connectivity index (χ1) is 10.1. The van der Waals surface area contributed by atoms with Crippen LogP contribution in [0.2, 0.25) is 5.02 Å². The smallest absolute Gasteiger partial charge is 0.220 e. The van der Waals surface area contributed by atoms with Gasteiger partial charge in [0.05, 0.1) is 0 Å². The van der Waals surface area contributed by atoms with E-state index < -0.39 is 0 Å². The molecule has 1 aromatic carbocycles. The van der Waals surface area contributed by atoms with Gasteiger partial charge in [0.25, 0.3) is 0 Å². The van der Waals surface area contributed by atoms with Gasteiger partial charge in [-0.1, -0.05) is 37.1 Å². The maximum atomic E-state index is 11.9. The number of benzene rings is 1. The number of carbonyl (C=O) groups is 1. The Balaban J connectivity index is 2.34. The predicted octanol–water partition coefficient (Wildman–Crippen LogP) is 3.50. The van der Waals surface area contributed by atoms with Crippen LogP contribution in [0.4, 0.5) is 0 Å².